The van der Waals surface area contributed by atoms with E-state index >= 15 is 0 Å². The molecule has 98 valence electrons. The van der Waals surface area contributed by atoms with E-state index < -0.39 is 0 Å². The summed E-state index contributed by atoms with van der Waals surface area (Å²) >= 11 is 0. The zero-order chi connectivity index (χ0) is 13.1. The van der Waals surface area contributed by atoms with Gasteiger partial charge >= 0.3 is 0 Å². The first-order valence-corrected chi connectivity index (χ1v) is 6.56. The number of hydrogen-bond donors (Lipinski definition) is 2. The van der Waals surface area contributed by atoms with Crippen LogP contribution in [-0.4, -0.2) is 21.3 Å². The summed E-state index contributed by atoms with van der Waals surface area (Å²) in [4.78, 5) is 3.24. The number of H-pyrrole nitrogens is 1. The molecule has 0 amide bonds. The van der Waals surface area contributed by atoms with Gasteiger partial charge in [0.05, 0.1) is 0 Å². The zero-order valence-electron chi connectivity index (χ0n) is 11.1. The molecule has 0 fully saturated rings. The van der Waals surface area contributed by atoms with E-state index in [0.717, 1.165) is 19.5 Å². The van der Waals surface area contributed by atoms with E-state index in [2.05, 4.69) is 45.7 Å². The molecule has 0 unspecified atom stereocenters. The molecule has 0 aliphatic rings. The minimum atomic E-state index is 0.896. The Kier molecular flexibility index (Phi) is 3.33. The molecule has 2 N–H and O–H groups in total. The maximum absolute atomic E-state index is 4.17. The average Bonchev–Trinajstić information content (AvgIpc) is 3.03. The molecule has 4 heteroatoms. The lowest BCUT2D eigenvalue weighted by Crippen LogP contribution is -2.17. The van der Waals surface area contributed by atoms with Crippen molar-refractivity contribution in [2.24, 2.45) is 7.05 Å². The van der Waals surface area contributed by atoms with Crippen molar-refractivity contribution < 1.29 is 0 Å². The predicted molar refractivity (Wildman–Crippen MR) is 76.9 cm³/mol. The van der Waals surface area contributed by atoms with E-state index in [9.17, 15) is 0 Å². The van der Waals surface area contributed by atoms with Crippen LogP contribution in [0.25, 0.3) is 10.9 Å². The Morgan fingerprint density at radius 3 is 3.05 bits per heavy atom. The van der Waals surface area contributed by atoms with Crippen LogP contribution in [0.5, 0.6) is 0 Å². The number of aryl methyl sites for hydroxylation is 1. The van der Waals surface area contributed by atoms with Gasteiger partial charge in [0.15, 0.2) is 0 Å². The largest absolute Gasteiger partial charge is 0.361 e. The first-order chi connectivity index (χ1) is 9.33. The summed E-state index contributed by atoms with van der Waals surface area (Å²) in [6, 6.07) is 10.7. The van der Waals surface area contributed by atoms with Crippen molar-refractivity contribution in [1.82, 2.24) is 20.1 Å². The van der Waals surface area contributed by atoms with Crippen LogP contribution < -0.4 is 5.32 Å². The Hall–Kier alpha value is -2.07. The Labute approximate surface area is 112 Å². The van der Waals surface area contributed by atoms with E-state index in [1.807, 2.05) is 24.1 Å². The zero-order valence-corrected chi connectivity index (χ0v) is 11.1. The number of nitrogens with one attached hydrogen (secondary N) is 2. The number of aromatic nitrogens is 3. The second-order valence-corrected chi connectivity index (χ2v) is 4.77. The van der Waals surface area contributed by atoms with Gasteiger partial charge in [0, 0.05) is 50.2 Å². The Bertz CT molecular complexity index is 665. The monoisotopic (exact) mass is 254 g/mol. The van der Waals surface area contributed by atoms with Gasteiger partial charge in [0.1, 0.15) is 0 Å². The second-order valence-electron chi connectivity index (χ2n) is 4.77. The highest BCUT2D eigenvalue weighted by molar-refractivity contribution is 5.79. The second kappa shape index (κ2) is 5.28. The first-order valence-electron chi connectivity index (χ1n) is 6.56. The third-order valence-electron chi connectivity index (χ3n) is 3.43. The van der Waals surface area contributed by atoms with Crippen LogP contribution in [-0.2, 0) is 20.0 Å². The third kappa shape index (κ3) is 2.69. The molecule has 0 aliphatic heterocycles. The number of benzene rings is 1. The molecule has 2 aromatic heterocycles. The fraction of sp³-hybridized carbons (Fsp3) is 0.267. The smallest absolute Gasteiger partial charge is 0.0492 e. The maximum atomic E-state index is 4.17. The molecule has 0 radical (unpaired) electrons. The lowest BCUT2D eigenvalue weighted by molar-refractivity contribution is 0.643. The minimum Gasteiger partial charge on any atom is -0.361 e. The quantitative estimate of drug-likeness (QED) is 0.686. The molecule has 0 spiro atoms. The van der Waals surface area contributed by atoms with Crippen molar-refractivity contribution in [1.29, 1.82) is 0 Å². The molecule has 1 aromatic carbocycles. The molecule has 19 heavy (non-hydrogen) atoms. The molecule has 0 saturated carbocycles. The minimum absolute atomic E-state index is 0.896. The van der Waals surface area contributed by atoms with Gasteiger partial charge in [-0.1, -0.05) is 12.1 Å². The van der Waals surface area contributed by atoms with Crippen molar-refractivity contribution in [2.45, 2.75) is 13.0 Å². The van der Waals surface area contributed by atoms with Crippen LogP contribution in [0.15, 0.2) is 42.7 Å². The van der Waals surface area contributed by atoms with Gasteiger partial charge < -0.3 is 10.3 Å². The van der Waals surface area contributed by atoms with Gasteiger partial charge in [0.25, 0.3) is 0 Å². The molecule has 3 rings (SSSR count). The highest BCUT2D eigenvalue weighted by Gasteiger charge is 1.99. The van der Waals surface area contributed by atoms with Crippen LogP contribution in [0.3, 0.4) is 0 Å². The summed E-state index contributed by atoms with van der Waals surface area (Å²) in [5, 5.41) is 8.90. The van der Waals surface area contributed by atoms with Gasteiger partial charge in [-0.2, -0.15) is 5.10 Å². The SMILES string of the molecule is Cn1nccc1CCNCc1ccc2cc[nH]c2c1. The average molecular weight is 254 g/mol. The van der Waals surface area contributed by atoms with Crippen LogP contribution in [0.2, 0.25) is 0 Å². The van der Waals surface area contributed by atoms with Gasteiger partial charge in [-0.3, -0.25) is 4.68 Å². The lowest BCUT2D eigenvalue weighted by Gasteiger charge is -2.05. The summed E-state index contributed by atoms with van der Waals surface area (Å²) in [5.41, 5.74) is 3.76. The summed E-state index contributed by atoms with van der Waals surface area (Å²) in [5.74, 6) is 0. The summed E-state index contributed by atoms with van der Waals surface area (Å²) in [6.07, 6.45) is 4.82. The number of fused-ring (bicyclic) bond motifs is 1. The highest BCUT2D eigenvalue weighted by atomic mass is 15.3. The number of aromatic amines is 1. The van der Waals surface area contributed by atoms with E-state index in [0.29, 0.717) is 0 Å². The highest BCUT2D eigenvalue weighted by Crippen LogP contribution is 2.13. The Morgan fingerprint density at radius 2 is 2.21 bits per heavy atom. The van der Waals surface area contributed by atoms with Crippen molar-refractivity contribution in [3.63, 3.8) is 0 Å². The summed E-state index contributed by atoms with van der Waals surface area (Å²) in [7, 11) is 1.98. The standard InChI is InChI=1S/C15H18N4/c1-19-14(6-9-18-19)5-7-16-11-12-2-3-13-4-8-17-15(13)10-12/h2-4,6,8-10,16-17H,5,7,11H2,1H3. The normalized spacial score (nSPS) is 11.2. The summed E-state index contributed by atoms with van der Waals surface area (Å²) in [6.45, 7) is 1.86. The molecule has 0 bridgehead atoms. The van der Waals surface area contributed by atoms with Crippen LogP contribution >= 0.6 is 0 Å². The molecule has 2 heterocycles. The van der Waals surface area contributed by atoms with E-state index in [1.165, 1.54) is 22.2 Å². The van der Waals surface area contributed by atoms with Gasteiger partial charge in [-0.15, -0.1) is 0 Å². The van der Waals surface area contributed by atoms with Crippen molar-refractivity contribution in [3.8, 4) is 0 Å². The van der Waals surface area contributed by atoms with Crippen LogP contribution in [0.1, 0.15) is 11.3 Å². The van der Waals surface area contributed by atoms with Gasteiger partial charge in [-0.25, -0.2) is 0 Å². The van der Waals surface area contributed by atoms with Crippen LogP contribution in [0.4, 0.5) is 0 Å². The lowest BCUT2D eigenvalue weighted by atomic mass is 10.1. The molecule has 0 atom stereocenters. The Morgan fingerprint density at radius 1 is 1.26 bits per heavy atom. The molecule has 3 aromatic rings. The van der Waals surface area contributed by atoms with Crippen molar-refractivity contribution in [3.05, 3.63) is 54.0 Å². The molecule has 0 aliphatic carbocycles. The van der Waals surface area contributed by atoms with E-state index in [1.54, 1.807) is 0 Å². The molecule has 4 nitrogen and oxygen atoms in total. The van der Waals surface area contributed by atoms with Gasteiger partial charge in [-0.05, 0) is 29.1 Å². The summed E-state index contributed by atoms with van der Waals surface area (Å²) < 4.78 is 1.92. The predicted octanol–water partition coefficient (Wildman–Crippen LogP) is 2.23. The number of hydrogen-bond acceptors (Lipinski definition) is 2. The fourth-order valence-corrected chi connectivity index (χ4v) is 2.30. The van der Waals surface area contributed by atoms with Gasteiger partial charge in [0.2, 0.25) is 0 Å². The topological polar surface area (TPSA) is 45.6 Å². The number of rotatable bonds is 5. The van der Waals surface area contributed by atoms with Crippen molar-refractivity contribution in [2.75, 3.05) is 6.54 Å². The molecule has 0 saturated heterocycles. The van der Waals surface area contributed by atoms with E-state index in [-0.39, 0.29) is 0 Å². The fourth-order valence-electron chi connectivity index (χ4n) is 2.30. The Balaban J connectivity index is 1.53. The van der Waals surface area contributed by atoms with E-state index in [4.69, 9.17) is 0 Å². The third-order valence-corrected chi connectivity index (χ3v) is 3.43. The molecular weight excluding hydrogens is 236 g/mol. The maximum Gasteiger partial charge on any atom is 0.0492 e. The van der Waals surface area contributed by atoms with Crippen molar-refractivity contribution >= 4 is 10.9 Å². The first kappa shape index (κ1) is 12.0. The molecular formula is C15H18N4. The van der Waals surface area contributed by atoms with Crippen LogP contribution in [0, 0.1) is 0 Å². The number of nitrogens with zero attached hydrogens (tertiary/aromatic N) is 2.